The van der Waals surface area contributed by atoms with Crippen LogP contribution in [0.4, 0.5) is 0 Å². The highest BCUT2D eigenvalue weighted by atomic mass is 16.5. The van der Waals surface area contributed by atoms with Crippen molar-refractivity contribution in [3.63, 3.8) is 0 Å². The minimum atomic E-state index is -0.579. The number of likely N-dealkylation sites (tertiary alicyclic amines) is 1. The fraction of sp³-hybridized carbons (Fsp3) is 0.310. The second kappa shape index (κ2) is 11.0. The van der Waals surface area contributed by atoms with Crippen LogP contribution in [0.2, 0.25) is 0 Å². The Kier molecular flexibility index (Phi) is 7.07. The molecular weight excluding hydrogens is 544 g/mol. The fourth-order valence-corrected chi connectivity index (χ4v) is 5.24. The highest BCUT2D eigenvalue weighted by Crippen LogP contribution is 2.29. The molecule has 2 aromatic carbocycles. The van der Waals surface area contributed by atoms with Gasteiger partial charge < -0.3 is 39.0 Å². The molecule has 3 aliphatic rings. The molecule has 3 aliphatic heterocycles. The Morgan fingerprint density at radius 3 is 2.71 bits per heavy atom. The molecule has 0 spiro atoms. The van der Waals surface area contributed by atoms with Crippen molar-refractivity contribution in [1.29, 1.82) is 0 Å². The number of aromatic nitrogens is 3. The summed E-state index contributed by atoms with van der Waals surface area (Å²) in [6, 6.07) is 9.44. The molecule has 5 heterocycles. The second-order valence-electron chi connectivity index (χ2n) is 10.1. The van der Waals surface area contributed by atoms with Gasteiger partial charge in [0.25, 0.3) is 17.7 Å². The summed E-state index contributed by atoms with van der Waals surface area (Å²) in [7, 11) is 4.86. The molecule has 13 nitrogen and oxygen atoms in total. The Bertz CT molecular complexity index is 1680. The van der Waals surface area contributed by atoms with Gasteiger partial charge in [0.15, 0.2) is 6.61 Å². The molecule has 2 aromatic heterocycles. The molecule has 4 bridgehead atoms. The number of nitrogens with zero attached hydrogens (tertiary/aromatic N) is 4. The summed E-state index contributed by atoms with van der Waals surface area (Å²) in [4.78, 5) is 41.3. The van der Waals surface area contributed by atoms with Crippen molar-refractivity contribution in [2.75, 3.05) is 33.9 Å². The molecule has 0 saturated carbocycles. The predicted molar refractivity (Wildman–Crippen MR) is 149 cm³/mol. The zero-order valence-electron chi connectivity index (χ0n) is 23.3. The van der Waals surface area contributed by atoms with Crippen LogP contribution in [0.1, 0.15) is 26.3 Å². The van der Waals surface area contributed by atoms with E-state index in [0.29, 0.717) is 34.2 Å². The number of amides is 3. The normalized spacial score (nSPS) is 18.9. The predicted octanol–water partition coefficient (Wildman–Crippen LogP) is 1.40. The van der Waals surface area contributed by atoms with E-state index >= 15 is 0 Å². The Morgan fingerprint density at radius 1 is 1.05 bits per heavy atom. The highest BCUT2D eigenvalue weighted by molar-refractivity contribution is 6.00. The molecule has 1 saturated heterocycles. The van der Waals surface area contributed by atoms with Crippen molar-refractivity contribution >= 4 is 23.4 Å². The van der Waals surface area contributed by atoms with Gasteiger partial charge in [-0.3, -0.25) is 14.4 Å². The van der Waals surface area contributed by atoms with E-state index in [1.54, 1.807) is 52.1 Å². The molecule has 13 heteroatoms. The van der Waals surface area contributed by atoms with E-state index in [4.69, 9.17) is 18.9 Å². The van der Waals surface area contributed by atoms with Gasteiger partial charge in [0, 0.05) is 55.8 Å². The molecule has 2 N–H and O–H groups in total. The summed E-state index contributed by atoms with van der Waals surface area (Å²) in [6.07, 6.45) is 4.57. The Hall–Kier alpha value is -5.20. The van der Waals surface area contributed by atoms with E-state index in [2.05, 4.69) is 15.7 Å². The maximum atomic E-state index is 13.7. The van der Waals surface area contributed by atoms with Crippen molar-refractivity contribution in [3.8, 4) is 23.0 Å². The van der Waals surface area contributed by atoms with Crippen LogP contribution in [0, 0.1) is 0 Å². The van der Waals surface area contributed by atoms with Gasteiger partial charge in [0.05, 0.1) is 33.0 Å². The van der Waals surface area contributed by atoms with E-state index < -0.39 is 18.1 Å². The molecule has 218 valence electrons. The Balaban J connectivity index is 1.35. The van der Waals surface area contributed by atoms with Gasteiger partial charge in [-0.25, -0.2) is 4.52 Å². The third kappa shape index (κ3) is 5.16. The summed E-state index contributed by atoms with van der Waals surface area (Å²) < 4.78 is 26.4. The third-order valence-corrected chi connectivity index (χ3v) is 7.40. The molecule has 1 fully saturated rings. The van der Waals surface area contributed by atoms with E-state index in [9.17, 15) is 14.4 Å². The van der Waals surface area contributed by atoms with Crippen molar-refractivity contribution in [3.05, 3.63) is 71.7 Å². The number of hydrogen-bond donors (Lipinski definition) is 2. The van der Waals surface area contributed by atoms with Gasteiger partial charge in [-0.1, -0.05) is 0 Å². The van der Waals surface area contributed by atoms with Crippen LogP contribution in [0.3, 0.4) is 0 Å². The zero-order valence-corrected chi connectivity index (χ0v) is 23.3. The maximum absolute atomic E-state index is 13.7. The molecule has 0 unspecified atom stereocenters. The Morgan fingerprint density at radius 2 is 1.90 bits per heavy atom. The van der Waals surface area contributed by atoms with Gasteiger partial charge in [-0.05, 0) is 24.3 Å². The first-order valence-corrected chi connectivity index (χ1v) is 13.3. The van der Waals surface area contributed by atoms with Gasteiger partial charge in [0.1, 0.15) is 40.3 Å². The van der Waals surface area contributed by atoms with Gasteiger partial charge in [0.2, 0.25) is 0 Å². The quantitative estimate of drug-likeness (QED) is 0.375. The van der Waals surface area contributed by atoms with Crippen molar-refractivity contribution in [2.24, 2.45) is 7.05 Å². The minimum absolute atomic E-state index is 0.206. The molecule has 0 aliphatic carbocycles. The number of nitrogens with one attached hydrogen (secondary N) is 2. The number of methoxy groups -OCH3 is 2. The fourth-order valence-electron chi connectivity index (χ4n) is 5.24. The number of rotatable bonds is 3. The summed E-state index contributed by atoms with van der Waals surface area (Å²) >= 11 is 0. The molecule has 3 amide bonds. The van der Waals surface area contributed by atoms with Crippen LogP contribution in [0.5, 0.6) is 23.0 Å². The lowest BCUT2D eigenvalue weighted by atomic mass is 10.1. The first kappa shape index (κ1) is 27.0. The highest BCUT2D eigenvalue weighted by Gasteiger charge is 2.39. The number of carbonyl (C=O) groups excluding carboxylic acids is 3. The zero-order chi connectivity index (χ0) is 29.4. The minimum Gasteiger partial charge on any atom is -0.497 e. The summed E-state index contributed by atoms with van der Waals surface area (Å²) in [5, 5.41) is 10.1. The molecular formula is C29H30N6O7. The number of imidazole rings is 1. The summed E-state index contributed by atoms with van der Waals surface area (Å²) in [6.45, 7) is 0.377. The van der Waals surface area contributed by atoms with Crippen molar-refractivity contribution in [2.45, 2.75) is 18.7 Å². The van der Waals surface area contributed by atoms with Gasteiger partial charge in [-0.2, -0.15) is 5.10 Å². The average Bonchev–Trinajstić information content (AvgIpc) is 3.71. The molecule has 42 heavy (non-hydrogen) atoms. The average molecular weight is 575 g/mol. The largest absolute Gasteiger partial charge is 0.497 e. The van der Waals surface area contributed by atoms with Crippen LogP contribution < -0.4 is 29.6 Å². The maximum Gasteiger partial charge on any atom is 0.259 e. The topological polar surface area (TPSA) is 138 Å². The molecule has 4 aromatic rings. The van der Waals surface area contributed by atoms with Crippen LogP contribution in [-0.2, 0) is 18.4 Å². The smallest absolute Gasteiger partial charge is 0.259 e. The standard InChI is InChI=1S/C29H30N6O7/c1-33-6-7-35-28(33)22(13-31-35)29(38)34-14-23-25(15-34)42-19-5-4-17(24(11-19)40-3)12-30-26(36)16-41-21-9-18(27(37)32-23)8-20(10-21)39-2/h4-11,13,23,25H,12,14-16H2,1-3H3,(H,30,36)(H,32,37)/t23-,25-/m0/s1. The number of carbonyl (C=O) groups is 3. The van der Waals surface area contributed by atoms with Crippen LogP contribution in [0.25, 0.3) is 5.65 Å². The number of fused-ring (bicyclic) bond motifs is 8. The van der Waals surface area contributed by atoms with E-state index in [1.807, 2.05) is 17.8 Å². The number of ether oxygens (including phenoxy) is 4. The third-order valence-electron chi connectivity index (χ3n) is 7.40. The first-order chi connectivity index (χ1) is 20.3. The lowest BCUT2D eigenvalue weighted by Gasteiger charge is -2.22. The van der Waals surface area contributed by atoms with Gasteiger partial charge >= 0.3 is 0 Å². The molecule has 2 atom stereocenters. The van der Waals surface area contributed by atoms with E-state index in [-0.39, 0.29) is 43.6 Å². The SMILES string of the molecule is COc1cc2cc(c1)C(=O)N[C@H]1CN(C(=O)c3cnn4ccn(C)c34)C[C@@H]1Oc1ccc(c(OC)c1)CNC(=O)CO2. The lowest BCUT2D eigenvalue weighted by Crippen LogP contribution is -2.45. The Labute approximate surface area is 240 Å². The van der Waals surface area contributed by atoms with Crippen molar-refractivity contribution in [1.82, 2.24) is 29.7 Å². The van der Waals surface area contributed by atoms with Crippen LogP contribution in [-0.4, -0.2) is 82.9 Å². The first-order valence-electron chi connectivity index (χ1n) is 13.3. The van der Waals surface area contributed by atoms with E-state index in [0.717, 1.165) is 5.56 Å². The van der Waals surface area contributed by atoms with Crippen LogP contribution >= 0.6 is 0 Å². The van der Waals surface area contributed by atoms with Gasteiger partial charge in [-0.15, -0.1) is 0 Å². The second-order valence-corrected chi connectivity index (χ2v) is 10.1. The molecule has 7 rings (SSSR count). The molecule has 0 radical (unpaired) electrons. The summed E-state index contributed by atoms with van der Waals surface area (Å²) in [5.41, 5.74) is 2.13. The van der Waals surface area contributed by atoms with Crippen LogP contribution in [0.15, 0.2) is 55.0 Å². The van der Waals surface area contributed by atoms with Crippen molar-refractivity contribution < 1.29 is 33.3 Å². The van der Waals surface area contributed by atoms with E-state index in [1.165, 1.54) is 20.3 Å². The summed E-state index contributed by atoms with van der Waals surface area (Å²) in [5.74, 6) is 0.718. The number of benzene rings is 2. The monoisotopic (exact) mass is 574 g/mol. The number of hydrogen-bond acceptors (Lipinski definition) is 8. The number of aryl methyl sites for hydroxylation is 1. The lowest BCUT2D eigenvalue weighted by molar-refractivity contribution is -0.123.